The van der Waals surface area contributed by atoms with Gasteiger partial charge in [-0.25, -0.2) is 4.99 Å². The van der Waals surface area contributed by atoms with Gasteiger partial charge in [-0.3, -0.25) is 4.79 Å². The Hall–Kier alpha value is -2.94. The number of aliphatic imine (C=N–C) groups is 1. The highest BCUT2D eigenvalue weighted by atomic mass is 16.7. The number of carbonyl (C=O) groups is 1. The maximum absolute atomic E-state index is 11.1. The van der Waals surface area contributed by atoms with Gasteiger partial charge in [0.2, 0.25) is 5.91 Å². The predicted octanol–water partition coefficient (Wildman–Crippen LogP) is 1.08. The molecule has 128 valence electrons. The lowest BCUT2D eigenvalue weighted by molar-refractivity contribution is -0.230. The molecule has 0 bridgehead atoms. The molecule has 3 atom stereocenters. The molecule has 3 rings (SSSR count). The molecule has 1 aliphatic heterocycles. The van der Waals surface area contributed by atoms with Crippen LogP contribution < -0.4 is 11.1 Å². The first-order valence-corrected chi connectivity index (χ1v) is 7.55. The van der Waals surface area contributed by atoms with Crippen molar-refractivity contribution in [2.75, 3.05) is 19.5 Å². The number of fused-ring (bicyclic) bond motifs is 1. The van der Waals surface area contributed by atoms with Crippen LogP contribution in [0, 0.1) is 33.5 Å². The van der Waals surface area contributed by atoms with E-state index in [1.807, 2.05) is 0 Å². The van der Waals surface area contributed by atoms with Crippen molar-refractivity contribution in [1.29, 1.82) is 10.5 Å². The van der Waals surface area contributed by atoms with Gasteiger partial charge in [-0.2, -0.15) is 10.5 Å². The Morgan fingerprint density at radius 3 is 2.28 bits per heavy atom. The van der Waals surface area contributed by atoms with Gasteiger partial charge in [0.15, 0.2) is 5.41 Å². The van der Waals surface area contributed by atoms with Crippen molar-refractivity contribution in [1.82, 2.24) is 0 Å². The minimum Gasteiger partial charge on any atom is -0.386 e. The molecule has 8 heteroatoms. The largest absolute Gasteiger partial charge is 0.386 e. The number of carbonyl (C=O) groups excluding carboxylic acids is 1. The van der Waals surface area contributed by atoms with E-state index in [1.165, 1.54) is 21.1 Å². The monoisotopic (exact) mass is 339 g/mol. The summed E-state index contributed by atoms with van der Waals surface area (Å²) in [6.07, 6.45) is 0. The molecule has 1 saturated carbocycles. The molecule has 0 unspecified atom stereocenters. The number of amides is 1. The minimum atomic E-state index is -1.64. The topological polar surface area (TPSA) is 134 Å². The molecule has 0 radical (unpaired) electrons. The molecule has 1 fully saturated rings. The summed E-state index contributed by atoms with van der Waals surface area (Å²) < 4.78 is 10.8. The number of ether oxygens (including phenoxy) is 2. The van der Waals surface area contributed by atoms with Gasteiger partial charge in [0.05, 0.1) is 12.1 Å². The van der Waals surface area contributed by atoms with Gasteiger partial charge in [-0.05, 0) is 17.7 Å². The molecule has 1 aromatic carbocycles. The summed E-state index contributed by atoms with van der Waals surface area (Å²) in [6.45, 7) is 1.41. The fraction of sp³-hybridized carbons (Fsp3) is 0.412. The van der Waals surface area contributed by atoms with E-state index in [0.29, 0.717) is 11.3 Å². The molecule has 3 N–H and O–H groups in total. The number of methoxy groups -OCH3 is 2. The van der Waals surface area contributed by atoms with Crippen LogP contribution in [-0.4, -0.2) is 31.9 Å². The Bertz CT molecular complexity index is 847. The van der Waals surface area contributed by atoms with Crippen LogP contribution in [0.5, 0.6) is 0 Å². The minimum absolute atomic E-state index is 0.0242. The fourth-order valence-electron chi connectivity index (χ4n) is 3.98. The molecule has 1 aliphatic carbocycles. The SMILES string of the molecule is COC1(OC)N=C(N)[C@@]2(C#N)[C@H](c3ccc(NC(C)=O)cc3)[C@@]12C#N. The smallest absolute Gasteiger partial charge is 0.292 e. The maximum Gasteiger partial charge on any atom is 0.292 e. The lowest BCUT2D eigenvalue weighted by Crippen LogP contribution is -2.41. The van der Waals surface area contributed by atoms with Crippen LogP contribution in [0.1, 0.15) is 18.4 Å². The van der Waals surface area contributed by atoms with E-state index in [-0.39, 0.29) is 11.7 Å². The summed E-state index contributed by atoms with van der Waals surface area (Å²) in [5, 5.41) is 22.4. The van der Waals surface area contributed by atoms with Crippen molar-refractivity contribution < 1.29 is 14.3 Å². The van der Waals surface area contributed by atoms with Gasteiger partial charge in [0, 0.05) is 32.7 Å². The third-order valence-electron chi connectivity index (χ3n) is 5.05. The third kappa shape index (κ3) is 1.75. The number of rotatable bonds is 4. The molecule has 25 heavy (non-hydrogen) atoms. The summed E-state index contributed by atoms with van der Waals surface area (Å²) >= 11 is 0. The Labute approximate surface area is 144 Å². The molecule has 0 spiro atoms. The second kappa shape index (κ2) is 5.28. The Kier molecular flexibility index (Phi) is 3.57. The summed E-state index contributed by atoms with van der Waals surface area (Å²) in [7, 11) is 2.73. The normalized spacial score (nSPS) is 31.2. The van der Waals surface area contributed by atoms with E-state index in [1.54, 1.807) is 24.3 Å². The zero-order valence-corrected chi connectivity index (χ0v) is 14.0. The maximum atomic E-state index is 11.1. The summed E-state index contributed by atoms with van der Waals surface area (Å²) in [6, 6.07) is 11.3. The second-order valence-corrected chi connectivity index (χ2v) is 6.06. The molecular weight excluding hydrogens is 322 g/mol. The number of benzene rings is 1. The second-order valence-electron chi connectivity index (χ2n) is 6.06. The number of anilines is 1. The number of hydrogen-bond donors (Lipinski definition) is 2. The predicted molar refractivity (Wildman–Crippen MR) is 88.0 cm³/mol. The van der Waals surface area contributed by atoms with Crippen LogP contribution in [0.3, 0.4) is 0 Å². The molecule has 8 nitrogen and oxygen atoms in total. The van der Waals surface area contributed by atoms with E-state index >= 15 is 0 Å². The number of nitriles is 2. The van der Waals surface area contributed by atoms with Crippen LogP contribution >= 0.6 is 0 Å². The van der Waals surface area contributed by atoms with E-state index in [2.05, 4.69) is 22.4 Å². The molecule has 1 aromatic rings. The van der Waals surface area contributed by atoms with Crippen molar-refractivity contribution in [2.24, 2.45) is 21.6 Å². The lowest BCUT2D eigenvalue weighted by Gasteiger charge is -2.29. The van der Waals surface area contributed by atoms with E-state index in [4.69, 9.17) is 15.2 Å². The van der Waals surface area contributed by atoms with Gasteiger partial charge < -0.3 is 20.5 Å². The van der Waals surface area contributed by atoms with E-state index in [0.717, 1.165) is 0 Å². The van der Waals surface area contributed by atoms with Gasteiger partial charge in [-0.15, -0.1) is 0 Å². The van der Waals surface area contributed by atoms with Gasteiger partial charge in [0.1, 0.15) is 11.3 Å². The number of hydrogen-bond acceptors (Lipinski definition) is 7. The van der Waals surface area contributed by atoms with Crippen LogP contribution in [-0.2, 0) is 14.3 Å². The van der Waals surface area contributed by atoms with Crippen LogP contribution in [0.15, 0.2) is 29.3 Å². The number of amidine groups is 1. The highest BCUT2D eigenvalue weighted by molar-refractivity contribution is 6.00. The van der Waals surface area contributed by atoms with Crippen molar-refractivity contribution >= 4 is 17.4 Å². The van der Waals surface area contributed by atoms with E-state index < -0.39 is 22.7 Å². The number of nitrogens with zero attached hydrogens (tertiary/aromatic N) is 3. The average Bonchev–Trinajstić information content (AvgIpc) is 3.18. The third-order valence-corrected chi connectivity index (χ3v) is 5.05. The highest BCUT2D eigenvalue weighted by Crippen LogP contribution is 2.81. The van der Waals surface area contributed by atoms with Crippen LogP contribution in [0.4, 0.5) is 5.69 Å². The summed E-state index contributed by atoms with van der Waals surface area (Å²) in [5.41, 5.74) is 4.67. The summed E-state index contributed by atoms with van der Waals surface area (Å²) in [5.74, 6) is -2.36. The standard InChI is InChI=1S/C17H17N5O3/c1-10(23)21-12-6-4-11(5-7-12)13-15(8-18)14(20)22-17(24-2,25-3)16(13,15)9-19/h4-7,13H,1-3H3,(H2,20,22)(H,21,23)/t13-,15+,16+/m0/s1. The first-order valence-electron chi connectivity index (χ1n) is 7.55. The number of nitrogens with one attached hydrogen (secondary N) is 1. The molecule has 2 aliphatic rings. The van der Waals surface area contributed by atoms with Crippen LogP contribution in [0.2, 0.25) is 0 Å². The Balaban J connectivity index is 2.10. The van der Waals surface area contributed by atoms with Crippen molar-refractivity contribution in [3.05, 3.63) is 29.8 Å². The van der Waals surface area contributed by atoms with Crippen molar-refractivity contribution in [3.8, 4) is 12.1 Å². The van der Waals surface area contributed by atoms with Gasteiger partial charge in [-0.1, -0.05) is 12.1 Å². The summed E-state index contributed by atoms with van der Waals surface area (Å²) in [4.78, 5) is 15.3. The lowest BCUT2D eigenvalue weighted by atomic mass is 9.93. The number of nitrogens with two attached hydrogens (primary N) is 1. The van der Waals surface area contributed by atoms with E-state index in [9.17, 15) is 15.3 Å². The molecular formula is C17H17N5O3. The van der Waals surface area contributed by atoms with Crippen molar-refractivity contribution in [2.45, 2.75) is 18.8 Å². The first kappa shape index (κ1) is 16.9. The molecule has 0 saturated heterocycles. The highest BCUT2D eigenvalue weighted by Gasteiger charge is 2.93. The zero-order valence-electron chi connectivity index (χ0n) is 14.0. The average molecular weight is 339 g/mol. The van der Waals surface area contributed by atoms with Crippen molar-refractivity contribution in [3.63, 3.8) is 0 Å². The quantitative estimate of drug-likeness (QED) is 0.788. The fourth-order valence-corrected chi connectivity index (χ4v) is 3.98. The van der Waals surface area contributed by atoms with Crippen LogP contribution in [0.25, 0.3) is 0 Å². The molecule has 1 heterocycles. The molecule has 1 amide bonds. The van der Waals surface area contributed by atoms with Gasteiger partial charge in [0.25, 0.3) is 5.91 Å². The molecule has 0 aromatic heterocycles. The van der Waals surface area contributed by atoms with Gasteiger partial charge >= 0.3 is 0 Å². The Morgan fingerprint density at radius 2 is 1.84 bits per heavy atom. The zero-order chi connectivity index (χ0) is 18.5. The Morgan fingerprint density at radius 1 is 1.24 bits per heavy atom. The first-order chi connectivity index (χ1) is 11.9.